The van der Waals surface area contributed by atoms with Gasteiger partial charge in [-0.05, 0) is 27.9 Å². The van der Waals surface area contributed by atoms with E-state index >= 15 is 0 Å². The summed E-state index contributed by atoms with van der Waals surface area (Å²) in [5.74, 6) is 0.242. The average Bonchev–Trinajstić information content (AvgIpc) is 2.34. The Kier molecular flexibility index (Phi) is 6.38. The van der Waals surface area contributed by atoms with Crippen molar-refractivity contribution in [3.05, 3.63) is 22.9 Å². The van der Waals surface area contributed by atoms with Gasteiger partial charge in [0.25, 0.3) is 0 Å². The van der Waals surface area contributed by atoms with Crippen LogP contribution in [0.3, 0.4) is 0 Å². The molecule has 0 saturated carbocycles. The lowest BCUT2D eigenvalue weighted by molar-refractivity contribution is 0.175. The first kappa shape index (κ1) is 16.6. The number of sulfonamides is 1. The van der Waals surface area contributed by atoms with E-state index in [2.05, 4.69) is 20.9 Å². The second-order valence-electron chi connectivity index (χ2n) is 4.59. The Balaban J connectivity index is 3.04. The fourth-order valence-corrected chi connectivity index (χ4v) is 3.69. The molecule has 0 unspecified atom stereocenters. The number of ether oxygens (including phenoxy) is 1. The molecule has 0 atom stereocenters. The summed E-state index contributed by atoms with van der Waals surface area (Å²) in [6.45, 7) is 5.12. The van der Waals surface area contributed by atoms with Gasteiger partial charge in [0.05, 0.1) is 6.61 Å². The molecule has 0 spiro atoms. The summed E-state index contributed by atoms with van der Waals surface area (Å²) >= 11 is 3.24. The van der Waals surface area contributed by atoms with Crippen LogP contribution < -0.4 is 0 Å². The van der Waals surface area contributed by atoms with Gasteiger partial charge in [0, 0.05) is 37.1 Å². The molecule has 1 aromatic rings. The second kappa shape index (κ2) is 7.33. The van der Waals surface area contributed by atoms with Gasteiger partial charge in [0.2, 0.25) is 10.0 Å². The molecule has 7 heteroatoms. The van der Waals surface area contributed by atoms with Crippen LogP contribution in [-0.4, -0.2) is 44.5 Å². The van der Waals surface area contributed by atoms with Gasteiger partial charge in [0.1, 0.15) is 4.90 Å². The Bertz CT molecular complexity index is 505. The molecule has 19 heavy (non-hydrogen) atoms. The van der Waals surface area contributed by atoms with Gasteiger partial charge in [-0.25, -0.2) is 8.42 Å². The summed E-state index contributed by atoms with van der Waals surface area (Å²) in [5, 5.41) is 0. The minimum atomic E-state index is -3.53. The lowest BCUT2D eigenvalue weighted by Gasteiger charge is -2.23. The van der Waals surface area contributed by atoms with Crippen LogP contribution in [0.1, 0.15) is 13.8 Å². The van der Waals surface area contributed by atoms with Crippen LogP contribution in [0.2, 0.25) is 0 Å². The first-order valence-corrected chi connectivity index (χ1v) is 8.21. The van der Waals surface area contributed by atoms with Gasteiger partial charge in [-0.2, -0.15) is 4.31 Å². The number of nitrogens with zero attached hydrogens (tertiary/aromatic N) is 2. The minimum Gasteiger partial charge on any atom is -0.383 e. The molecule has 0 aliphatic rings. The monoisotopic (exact) mass is 350 g/mol. The van der Waals surface area contributed by atoms with E-state index in [1.807, 2.05) is 13.8 Å². The molecule has 0 radical (unpaired) electrons. The Morgan fingerprint density at radius 1 is 1.42 bits per heavy atom. The summed E-state index contributed by atoms with van der Waals surface area (Å²) in [6.07, 6.45) is 2.92. The van der Waals surface area contributed by atoms with E-state index in [0.717, 1.165) is 0 Å². The highest BCUT2D eigenvalue weighted by molar-refractivity contribution is 9.10. The quantitative estimate of drug-likeness (QED) is 0.755. The molecule has 0 fully saturated rings. The van der Waals surface area contributed by atoms with E-state index in [0.29, 0.717) is 24.2 Å². The number of hydrogen-bond acceptors (Lipinski definition) is 4. The number of pyridine rings is 1. The molecule has 0 N–H and O–H groups in total. The van der Waals surface area contributed by atoms with Crippen molar-refractivity contribution in [2.24, 2.45) is 5.92 Å². The zero-order valence-electron chi connectivity index (χ0n) is 11.3. The summed E-state index contributed by atoms with van der Waals surface area (Å²) in [4.78, 5) is 4.10. The Labute approximate surface area is 123 Å². The van der Waals surface area contributed by atoms with Crippen molar-refractivity contribution in [3.8, 4) is 0 Å². The molecule has 1 aromatic heterocycles. The van der Waals surface area contributed by atoms with Gasteiger partial charge >= 0.3 is 0 Å². The smallest absolute Gasteiger partial charge is 0.244 e. The molecule has 0 bridgehead atoms. The third-order valence-corrected chi connectivity index (χ3v) is 4.70. The van der Waals surface area contributed by atoms with E-state index in [1.165, 1.54) is 10.5 Å². The molecule has 0 saturated heterocycles. The van der Waals surface area contributed by atoms with Gasteiger partial charge in [-0.3, -0.25) is 4.98 Å². The van der Waals surface area contributed by atoms with Gasteiger partial charge in [0.15, 0.2) is 0 Å². The van der Waals surface area contributed by atoms with Crippen molar-refractivity contribution in [1.29, 1.82) is 0 Å². The molecular weight excluding hydrogens is 332 g/mol. The molecule has 5 nitrogen and oxygen atoms in total. The third-order valence-electron chi connectivity index (χ3n) is 2.43. The van der Waals surface area contributed by atoms with Gasteiger partial charge < -0.3 is 4.74 Å². The van der Waals surface area contributed by atoms with Crippen LogP contribution in [0.4, 0.5) is 0 Å². The maximum atomic E-state index is 12.5. The maximum Gasteiger partial charge on any atom is 0.244 e. The first-order valence-electron chi connectivity index (χ1n) is 5.97. The second-order valence-corrected chi connectivity index (χ2v) is 7.44. The van der Waals surface area contributed by atoms with Gasteiger partial charge in [-0.1, -0.05) is 13.8 Å². The normalized spacial score (nSPS) is 12.3. The Morgan fingerprint density at radius 3 is 2.63 bits per heavy atom. The topological polar surface area (TPSA) is 59.5 Å². The molecule has 1 heterocycles. The minimum absolute atomic E-state index is 0.193. The van der Waals surface area contributed by atoms with E-state index in [-0.39, 0.29) is 10.8 Å². The van der Waals surface area contributed by atoms with Crippen molar-refractivity contribution in [2.45, 2.75) is 18.7 Å². The highest BCUT2D eigenvalue weighted by Crippen LogP contribution is 2.19. The third kappa shape index (κ3) is 4.83. The van der Waals surface area contributed by atoms with E-state index in [1.54, 1.807) is 19.4 Å². The van der Waals surface area contributed by atoms with E-state index in [9.17, 15) is 8.42 Å². The predicted molar refractivity (Wildman–Crippen MR) is 77.4 cm³/mol. The zero-order valence-corrected chi connectivity index (χ0v) is 13.7. The van der Waals surface area contributed by atoms with Crippen molar-refractivity contribution >= 4 is 26.0 Å². The van der Waals surface area contributed by atoms with Crippen molar-refractivity contribution in [1.82, 2.24) is 9.29 Å². The number of rotatable bonds is 7. The number of hydrogen-bond donors (Lipinski definition) is 0. The van der Waals surface area contributed by atoms with Crippen LogP contribution >= 0.6 is 15.9 Å². The van der Waals surface area contributed by atoms with Crippen LogP contribution in [0.5, 0.6) is 0 Å². The summed E-state index contributed by atoms with van der Waals surface area (Å²) < 4.78 is 32.1. The molecule has 0 amide bonds. The lowest BCUT2D eigenvalue weighted by atomic mass is 10.2. The first-order chi connectivity index (χ1) is 8.87. The van der Waals surface area contributed by atoms with Crippen molar-refractivity contribution in [2.75, 3.05) is 26.8 Å². The summed E-state index contributed by atoms with van der Waals surface area (Å²) in [7, 11) is -1.97. The average molecular weight is 351 g/mol. The van der Waals surface area contributed by atoms with Crippen LogP contribution in [-0.2, 0) is 14.8 Å². The number of aromatic nitrogens is 1. The molecular formula is C12H19BrN2O3S. The number of halogens is 1. The molecule has 108 valence electrons. The zero-order chi connectivity index (χ0) is 14.5. The molecule has 1 rings (SSSR count). The Hall–Kier alpha value is -0.500. The molecule has 0 aliphatic heterocycles. The fraction of sp³-hybridized carbons (Fsp3) is 0.583. The van der Waals surface area contributed by atoms with Crippen LogP contribution in [0.25, 0.3) is 0 Å². The largest absolute Gasteiger partial charge is 0.383 e. The highest BCUT2D eigenvalue weighted by Gasteiger charge is 2.25. The van der Waals surface area contributed by atoms with Crippen molar-refractivity contribution < 1.29 is 13.2 Å². The highest BCUT2D eigenvalue weighted by atomic mass is 79.9. The van der Waals surface area contributed by atoms with Gasteiger partial charge in [-0.15, -0.1) is 0 Å². The molecule has 0 aliphatic carbocycles. The fourth-order valence-electron chi connectivity index (χ4n) is 1.59. The van der Waals surface area contributed by atoms with Crippen molar-refractivity contribution in [3.63, 3.8) is 0 Å². The predicted octanol–water partition coefficient (Wildman–Crippen LogP) is 2.14. The maximum absolute atomic E-state index is 12.5. The SMILES string of the molecule is COCCN(CC(C)C)S(=O)(=O)c1cncc(Br)c1. The Morgan fingerprint density at radius 2 is 2.11 bits per heavy atom. The van der Waals surface area contributed by atoms with E-state index in [4.69, 9.17) is 4.74 Å². The standard InChI is InChI=1S/C12H19BrN2O3S/c1-10(2)9-15(4-5-18-3)19(16,17)12-6-11(13)7-14-8-12/h6-8,10H,4-5,9H2,1-3H3. The molecule has 0 aromatic carbocycles. The number of methoxy groups -OCH3 is 1. The lowest BCUT2D eigenvalue weighted by Crippen LogP contribution is -2.36. The van der Waals surface area contributed by atoms with Crippen LogP contribution in [0, 0.1) is 5.92 Å². The summed E-state index contributed by atoms with van der Waals surface area (Å²) in [6, 6.07) is 1.56. The summed E-state index contributed by atoms with van der Waals surface area (Å²) in [5.41, 5.74) is 0. The van der Waals surface area contributed by atoms with E-state index < -0.39 is 10.0 Å². The van der Waals surface area contributed by atoms with Crippen LogP contribution in [0.15, 0.2) is 27.8 Å².